The van der Waals surface area contributed by atoms with Crippen molar-refractivity contribution >= 4 is 5.91 Å². The van der Waals surface area contributed by atoms with Crippen LogP contribution in [0.1, 0.15) is 37.2 Å². The first-order chi connectivity index (χ1) is 8.58. The van der Waals surface area contributed by atoms with E-state index in [4.69, 9.17) is 0 Å². The molecule has 0 spiro atoms. The van der Waals surface area contributed by atoms with Crippen LogP contribution in [-0.2, 0) is 0 Å². The summed E-state index contributed by atoms with van der Waals surface area (Å²) >= 11 is 0. The molecule has 1 aromatic rings. The lowest BCUT2D eigenvalue weighted by molar-refractivity contribution is 0.0661. The molecule has 0 radical (unpaired) electrons. The van der Waals surface area contributed by atoms with Crippen molar-refractivity contribution in [1.82, 2.24) is 9.88 Å². The number of pyridine rings is 1. The van der Waals surface area contributed by atoms with Crippen molar-refractivity contribution in [3.8, 4) is 0 Å². The molecule has 4 heteroatoms. The quantitative estimate of drug-likeness (QED) is 0.868. The maximum Gasteiger partial charge on any atom is 0.270 e. The number of aromatic nitrogens is 1. The van der Waals surface area contributed by atoms with Crippen LogP contribution >= 0.6 is 0 Å². The van der Waals surface area contributed by atoms with Crippen molar-refractivity contribution in [2.75, 3.05) is 13.1 Å². The smallest absolute Gasteiger partial charge is 0.270 e. The van der Waals surface area contributed by atoms with Gasteiger partial charge in [-0.2, -0.15) is 0 Å². The summed E-state index contributed by atoms with van der Waals surface area (Å²) in [6.07, 6.45) is 2.11. The Morgan fingerprint density at radius 3 is 2.56 bits per heavy atom. The number of carbonyl (C=O) groups is 1. The standard InChI is InChI=1S/C14H20N2O2/c1-10(2)11-6-8-16(9-7-11)14(18)12-4-3-5-13(17)15-12/h3-5,10-11H,6-9H2,1-2H3,(H,15,17). The molecule has 0 unspecified atom stereocenters. The fourth-order valence-electron chi connectivity index (χ4n) is 2.51. The molecule has 1 aromatic heterocycles. The number of hydrogen-bond donors (Lipinski definition) is 1. The summed E-state index contributed by atoms with van der Waals surface area (Å²) in [5, 5.41) is 0. The molecule has 0 bridgehead atoms. The molecule has 98 valence electrons. The van der Waals surface area contributed by atoms with Crippen LogP contribution in [0, 0.1) is 11.8 Å². The highest BCUT2D eigenvalue weighted by molar-refractivity contribution is 5.92. The van der Waals surface area contributed by atoms with Crippen molar-refractivity contribution in [2.24, 2.45) is 11.8 Å². The number of H-pyrrole nitrogens is 1. The van der Waals surface area contributed by atoms with Gasteiger partial charge >= 0.3 is 0 Å². The minimum atomic E-state index is -0.224. The lowest BCUT2D eigenvalue weighted by Crippen LogP contribution is -2.40. The molecular weight excluding hydrogens is 228 g/mol. The molecule has 1 aliphatic heterocycles. The Kier molecular flexibility index (Phi) is 3.84. The number of likely N-dealkylation sites (tertiary alicyclic amines) is 1. The Bertz CT molecular complexity index is 471. The first-order valence-corrected chi connectivity index (χ1v) is 6.56. The van der Waals surface area contributed by atoms with E-state index in [1.54, 1.807) is 12.1 Å². The monoisotopic (exact) mass is 248 g/mol. The third kappa shape index (κ3) is 2.81. The number of rotatable bonds is 2. The predicted molar refractivity (Wildman–Crippen MR) is 70.5 cm³/mol. The second-order valence-electron chi connectivity index (χ2n) is 5.30. The zero-order valence-corrected chi connectivity index (χ0v) is 11.0. The predicted octanol–water partition coefficient (Wildman–Crippen LogP) is 1.88. The molecule has 1 amide bonds. The highest BCUT2D eigenvalue weighted by atomic mass is 16.2. The van der Waals surface area contributed by atoms with Crippen LogP contribution in [-0.4, -0.2) is 28.9 Å². The summed E-state index contributed by atoms with van der Waals surface area (Å²) in [6.45, 7) is 6.05. The van der Waals surface area contributed by atoms with Crippen LogP contribution in [0.2, 0.25) is 0 Å². The van der Waals surface area contributed by atoms with E-state index < -0.39 is 0 Å². The van der Waals surface area contributed by atoms with E-state index in [2.05, 4.69) is 18.8 Å². The summed E-state index contributed by atoms with van der Waals surface area (Å²) in [4.78, 5) is 27.8. The van der Waals surface area contributed by atoms with Gasteiger partial charge in [0.15, 0.2) is 0 Å². The lowest BCUT2D eigenvalue weighted by atomic mass is 9.86. The fraction of sp³-hybridized carbons (Fsp3) is 0.571. The number of aromatic amines is 1. The summed E-state index contributed by atoms with van der Waals surface area (Å²) in [5.74, 6) is 1.33. The molecule has 18 heavy (non-hydrogen) atoms. The van der Waals surface area contributed by atoms with Gasteiger partial charge in [-0.3, -0.25) is 9.59 Å². The number of nitrogens with zero attached hydrogens (tertiary/aromatic N) is 1. The number of amides is 1. The van der Waals surface area contributed by atoms with Crippen molar-refractivity contribution in [3.05, 3.63) is 34.2 Å². The zero-order chi connectivity index (χ0) is 13.1. The van der Waals surface area contributed by atoms with E-state index >= 15 is 0 Å². The van der Waals surface area contributed by atoms with E-state index in [1.165, 1.54) is 6.07 Å². The van der Waals surface area contributed by atoms with Gasteiger partial charge in [-0.1, -0.05) is 19.9 Å². The van der Waals surface area contributed by atoms with E-state index in [-0.39, 0.29) is 11.5 Å². The SMILES string of the molecule is CC(C)C1CCN(C(=O)c2cccc(=O)[nH]2)CC1. The fourth-order valence-corrected chi connectivity index (χ4v) is 2.51. The molecule has 1 aliphatic rings. The van der Waals surface area contributed by atoms with Crippen LogP contribution in [0.15, 0.2) is 23.0 Å². The van der Waals surface area contributed by atoms with Gasteiger partial charge in [-0.25, -0.2) is 0 Å². The molecule has 1 saturated heterocycles. The topological polar surface area (TPSA) is 53.2 Å². The van der Waals surface area contributed by atoms with Crippen molar-refractivity contribution in [2.45, 2.75) is 26.7 Å². The summed E-state index contributed by atoms with van der Waals surface area (Å²) in [5.41, 5.74) is 0.170. The van der Waals surface area contributed by atoms with Crippen LogP contribution in [0.4, 0.5) is 0 Å². The third-order valence-electron chi connectivity index (χ3n) is 3.77. The Labute approximate surface area is 107 Å². The van der Waals surface area contributed by atoms with Crippen LogP contribution in [0.25, 0.3) is 0 Å². The lowest BCUT2D eigenvalue weighted by Gasteiger charge is -2.33. The normalized spacial score (nSPS) is 17.2. The summed E-state index contributed by atoms with van der Waals surface area (Å²) < 4.78 is 0. The number of nitrogens with one attached hydrogen (secondary N) is 1. The van der Waals surface area contributed by atoms with Gasteiger partial charge in [0.1, 0.15) is 5.69 Å². The Morgan fingerprint density at radius 2 is 2.00 bits per heavy atom. The van der Waals surface area contributed by atoms with E-state index in [0.29, 0.717) is 17.5 Å². The van der Waals surface area contributed by atoms with Crippen LogP contribution in [0.5, 0.6) is 0 Å². The molecule has 1 fully saturated rings. The number of carbonyl (C=O) groups excluding carboxylic acids is 1. The van der Waals surface area contributed by atoms with E-state index in [9.17, 15) is 9.59 Å². The molecule has 0 saturated carbocycles. The molecule has 2 rings (SSSR count). The van der Waals surface area contributed by atoms with Gasteiger partial charge in [0.25, 0.3) is 5.91 Å². The maximum absolute atomic E-state index is 12.2. The summed E-state index contributed by atoms with van der Waals surface area (Å²) in [6, 6.07) is 4.70. The minimum Gasteiger partial charge on any atom is -0.337 e. The van der Waals surface area contributed by atoms with Crippen LogP contribution in [0.3, 0.4) is 0 Å². The van der Waals surface area contributed by atoms with Gasteiger partial charge < -0.3 is 9.88 Å². The first-order valence-electron chi connectivity index (χ1n) is 6.56. The molecule has 2 heterocycles. The largest absolute Gasteiger partial charge is 0.337 e. The van der Waals surface area contributed by atoms with E-state index in [1.807, 2.05) is 4.90 Å². The molecule has 0 atom stereocenters. The van der Waals surface area contributed by atoms with Gasteiger partial charge in [0.2, 0.25) is 5.56 Å². The summed E-state index contributed by atoms with van der Waals surface area (Å²) in [7, 11) is 0. The van der Waals surface area contributed by atoms with Gasteiger partial charge in [0.05, 0.1) is 0 Å². The molecule has 4 nitrogen and oxygen atoms in total. The Hall–Kier alpha value is -1.58. The molecule has 1 N–H and O–H groups in total. The average molecular weight is 248 g/mol. The molecule has 0 aliphatic carbocycles. The van der Waals surface area contributed by atoms with Gasteiger partial charge in [-0.05, 0) is 30.7 Å². The van der Waals surface area contributed by atoms with Crippen molar-refractivity contribution in [3.63, 3.8) is 0 Å². The van der Waals surface area contributed by atoms with Gasteiger partial charge in [-0.15, -0.1) is 0 Å². The Morgan fingerprint density at radius 1 is 1.33 bits per heavy atom. The zero-order valence-electron chi connectivity index (χ0n) is 11.0. The highest BCUT2D eigenvalue weighted by Gasteiger charge is 2.25. The maximum atomic E-state index is 12.2. The highest BCUT2D eigenvalue weighted by Crippen LogP contribution is 2.24. The molecule has 0 aromatic carbocycles. The first kappa shape index (κ1) is 12.9. The molecular formula is C14H20N2O2. The third-order valence-corrected chi connectivity index (χ3v) is 3.77. The number of piperidine rings is 1. The minimum absolute atomic E-state index is 0.0603. The van der Waals surface area contributed by atoms with E-state index in [0.717, 1.165) is 25.9 Å². The van der Waals surface area contributed by atoms with Crippen molar-refractivity contribution < 1.29 is 4.79 Å². The van der Waals surface area contributed by atoms with Crippen molar-refractivity contribution in [1.29, 1.82) is 0 Å². The van der Waals surface area contributed by atoms with Crippen LogP contribution < -0.4 is 5.56 Å². The Balaban J connectivity index is 2.02. The average Bonchev–Trinajstić information content (AvgIpc) is 2.38. The second kappa shape index (κ2) is 5.38. The van der Waals surface area contributed by atoms with Gasteiger partial charge in [0, 0.05) is 19.2 Å². The number of hydrogen-bond acceptors (Lipinski definition) is 2. The second-order valence-corrected chi connectivity index (χ2v) is 5.30.